The molecule has 3 aromatic carbocycles. The molecule has 5 nitrogen and oxygen atoms in total. The number of nitrogens with one attached hydrogen (secondary N) is 1. The van der Waals surface area contributed by atoms with E-state index in [0.717, 1.165) is 16.5 Å². The summed E-state index contributed by atoms with van der Waals surface area (Å²) in [4.78, 5) is 0.171. The van der Waals surface area contributed by atoms with Gasteiger partial charge in [0, 0.05) is 5.39 Å². The Bertz CT molecular complexity index is 1090. The monoisotopic (exact) mass is 395 g/mol. The van der Waals surface area contributed by atoms with E-state index in [-0.39, 0.29) is 18.0 Å². The van der Waals surface area contributed by atoms with Crippen LogP contribution in [0.5, 0.6) is 11.5 Å². The van der Waals surface area contributed by atoms with Gasteiger partial charge >= 0.3 is 0 Å². The van der Waals surface area contributed by atoms with Gasteiger partial charge in [0.25, 0.3) is 0 Å². The molecule has 144 valence electrons. The third kappa shape index (κ3) is 5.03. The maximum atomic E-state index is 12.3. The number of rotatable bonds is 7. The summed E-state index contributed by atoms with van der Waals surface area (Å²) in [5.74, 6) is 6.98. The van der Waals surface area contributed by atoms with Crippen molar-refractivity contribution < 1.29 is 17.9 Å². The largest absolute Gasteiger partial charge is 0.494 e. The second kappa shape index (κ2) is 9.27. The Hall–Kier alpha value is -3.01. The minimum Gasteiger partial charge on any atom is -0.494 e. The second-order valence-electron chi connectivity index (χ2n) is 5.85. The molecule has 3 aromatic rings. The molecule has 0 fully saturated rings. The molecule has 0 amide bonds. The Balaban J connectivity index is 1.53. The minimum atomic E-state index is -3.61. The van der Waals surface area contributed by atoms with E-state index in [4.69, 9.17) is 9.47 Å². The van der Waals surface area contributed by atoms with Gasteiger partial charge in [0.1, 0.15) is 18.1 Å². The van der Waals surface area contributed by atoms with Crippen molar-refractivity contribution in [1.29, 1.82) is 0 Å². The van der Waals surface area contributed by atoms with Crippen molar-refractivity contribution in [2.24, 2.45) is 0 Å². The highest BCUT2D eigenvalue weighted by atomic mass is 32.2. The van der Waals surface area contributed by atoms with Crippen molar-refractivity contribution in [3.05, 3.63) is 66.7 Å². The second-order valence-corrected chi connectivity index (χ2v) is 7.62. The lowest BCUT2D eigenvalue weighted by Crippen LogP contribution is -2.24. The van der Waals surface area contributed by atoms with Crippen LogP contribution in [0.15, 0.2) is 71.6 Å². The van der Waals surface area contributed by atoms with Crippen LogP contribution < -0.4 is 14.2 Å². The first-order valence-electron chi connectivity index (χ1n) is 8.89. The molecule has 28 heavy (non-hydrogen) atoms. The molecule has 0 heterocycles. The number of benzene rings is 3. The van der Waals surface area contributed by atoms with Gasteiger partial charge < -0.3 is 9.47 Å². The number of sulfonamides is 1. The van der Waals surface area contributed by atoms with E-state index >= 15 is 0 Å². The molecule has 0 bridgehead atoms. The quantitative estimate of drug-likeness (QED) is 0.621. The summed E-state index contributed by atoms with van der Waals surface area (Å²) in [5, 5.41) is 2.11. The summed E-state index contributed by atoms with van der Waals surface area (Å²) in [7, 11) is -3.61. The average Bonchev–Trinajstić information content (AvgIpc) is 2.71. The molecular weight excluding hydrogens is 374 g/mol. The van der Waals surface area contributed by atoms with Crippen LogP contribution in [0.2, 0.25) is 0 Å². The Morgan fingerprint density at radius 3 is 2.43 bits per heavy atom. The molecule has 0 unspecified atom stereocenters. The lowest BCUT2D eigenvalue weighted by atomic mass is 10.1. The predicted octanol–water partition coefficient (Wildman–Crippen LogP) is 3.60. The molecule has 0 aliphatic heterocycles. The van der Waals surface area contributed by atoms with Gasteiger partial charge in [0.2, 0.25) is 10.0 Å². The molecule has 0 aromatic heterocycles. The third-order valence-electron chi connectivity index (χ3n) is 3.97. The molecule has 1 N–H and O–H groups in total. The first-order valence-corrected chi connectivity index (χ1v) is 10.4. The standard InChI is InChI=1S/C22H21NO4S/c1-2-26-19-12-14-20(15-13-19)28(24,25)23-16-5-6-17-27-22-11-7-9-18-8-3-4-10-21(18)22/h3-4,7-15,23H,2,16-17H2,1H3. The first-order chi connectivity index (χ1) is 13.6. The maximum Gasteiger partial charge on any atom is 0.241 e. The molecular formula is C22H21NO4S. The van der Waals surface area contributed by atoms with E-state index in [9.17, 15) is 8.42 Å². The van der Waals surface area contributed by atoms with Gasteiger partial charge in [-0.3, -0.25) is 0 Å². The SMILES string of the molecule is CCOc1ccc(S(=O)(=O)NCC#CCOc2cccc3ccccc23)cc1. The van der Waals surface area contributed by atoms with Crippen LogP contribution in [-0.4, -0.2) is 28.2 Å². The molecule has 0 saturated heterocycles. The predicted molar refractivity (Wildman–Crippen MR) is 110 cm³/mol. The van der Waals surface area contributed by atoms with Gasteiger partial charge in [-0.25, -0.2) is 8.42 Å². The van der Waals surface area contributed by atoms with Gasteiger partial charge in [0.15, 0.2) is 0 Å². The van der Waals surface area contributed by atoms with E-state index in [1.54, 1.807) is 12.1 Å². The lowest BCUT2D eigenvalue weighted by Gasteiger charge is -2.06. The molecule has 0 saturated carbocycles. The lowest BCUT2D eigenvalue weighted by molar-refractivity contribution is 0.340. The fourth-order valence-corrected chi connectivity index (χ4v) is 3.57. The molecule has 3 rings (SSSR count). The smallest absolute Gasteiger partial charge is 0.241 e. The molecule has 0 atom stereocenters. The molecule has 0 aliphatic carbocycles. The molecule has 6 heteroatoms. The summed E-state index contributed by atoms with van der Waals surface area (Å²) in [6, 6.07) is 20.0. The normalized spacial score (nSPS) is 10.9. The fraction of sp³-hybridized carbons (Fsp3) is 0.182. The van der Waals surface area contributed by atoms with Crippen molar-refractivity contribution in [1.82, 2.24) is 4.72 Å². The Morgan fingerprint density at radius 1 is 0.893 bits per heavy atom. The van der Waals surface area contributed by atoms with Gasteiger partial charge in [0.05, 0.1) is 18.0 Å². The van der Waals surface area contributed by atoms with Gasteiger partial charge in [-0.1, -0.05) is 48.2 Å². The summed E-state index contributed by atoms with van der Waals surface area (Å²) >= 11 is 0. The van der Waals surface area contributed by atoms with Crippen LogP contribution in [0.25, 0.3) is 10.8 Å². The van der Waals surface area contributed by atoms with Crippen LogP contribution in [-0.2, 0) is 10.0 Å². The van der Waals surface area contributed by atoms with Crippen LogP contribution in [0, 0.1) is 11.8 Å². The zero-order chi connectivity index (χ0) is 19.8. The zero-order valence-corrected chi connectivity index (χ0v) is 16.3. The molecule has 0 aliphatic rings. The van der Waals surface area contributed by atoms with Crippen molar-refractivity contribution in [3.63, 3.8) is 0 Å². The van der Waals surface area contributed by atoms with Crippen LogP contribution in [0.1, 0.15) is 6.92 Å². The average molecular weight is 395 g/mol. The van der Waals surface area contributed by atoms with E-state index in [2.05, 4.69) is 16.6 Å². The Kier molecular flexibility index (Phi) is 6.53. The number of fused-ring (bicyclic) bond motifs is 1. The third-order valence-corrected chi connectivity index (χ3v) is 5.39. The maximum absolute atomic E-state index is 12.3. The first kappa shape index (κ1) is 19.7. The number of hydrogen-bond acceptors (Lipinski definition) is 4. The summed E-state index contributed by atoms with van der Waals surface area (Å²) in [6.07, 6.45) is 0. The minimum absolute atomic E-state index is 0.00838. The van der Waals surface area contributed by atoms with E-state index in [1.165, 1.54) is 12.1 Å². The zero-order valence-electron chi connectivity index (χ0n) is 15.5. The topological polar surface area (TPSA) is 64.6 Å². The van der Waals surface area contributed by atoms with E-state index < -0.39 is 10.0 Å². The fourth-order valence-electron chi connectivity index (χ4n) is 2.65. The summed E-state index contributed by atoms with van der Waals surface area (Å²) < 4.78 is 38.0. The van der Waals surface area contributed by atoms with Gasteiger partial charge in [-0.2, -0.15) is 4.72 Å². The number of hydrogen-bond donors (Lipinski definition) is 1. The van der Waals surface area contributed by atoms with Crippen molar-refractivity contribution in [2.75, 3.05) is 19.8 Å². The molecule has 0 spiro atoms. The van der Waals surface area contributed by atoms with Crippen molar-refractivity contribution in [2.45, 2.75) is 11.8 Å². The highest BCUT2D eigenvalue weighted by Gasteiger charge is 2.12. The van der Waals surface area contributed by atoms with Gasteiger partial charge in [-0.15, -0.1) is 0 Å². The van der Waals surface area contributed by atoms with Crippen LogP contribution in [0.4, 0.5) is 0 Å². The Labute approximate surface area is 165 Å². The van der Waals surface area contributed by atoms with Crippen LogP contribution in [0.3, 0.4) is 0 Å². The van der Waals surface area contributed by atoms with E-state index in [0.29, 0.717) is 12.4 Å². The molecule has 0 radical (unpaired) electrons. The summed E-state index contributed by atoms with van der Waals surface area (Å²) in [6.45, 7) is 2.59. The highest BCUT2D eigenvalue weighted by molar-refractivity contribution is 7.89. The van der Waals surface area contributed by atoms with Gasteiger partial charge in [-0.05, 0) is 42.6 Å². The van der Waals surface area contributed by atoms with Crippen molar-refractivity contribution >= 4 is 20.8 Å². The van der Waals surface area contributed by atoms with Crippen molar-refractivity contribution in [3.8, 4) is 23.3 Å². The van der Waals surface area contributed by atoms with Crippen LogP contribution >= 0.6 is 0 Å². The Morgan fingerprint density at radius 2 is 1.64 bits per heavy atom. The highest BCUT2D eigenvalue weighted by Crippen LogP contribution is 2.24. The number of ether oxygens (including phenoxy) is 2. The van der Waals surface area contributed by atoms with E-state index in [1.807, 2.05) is 49.4 Å². The summed E-state index contributed by atoms with van der Waals surface area (Å²) in [5.41, 5.74) is 0.